The standard InChI is InChI=1S/C16H23N3O.ClH/c1-11(2)10-19(3)16(20)14(17)8-12-9-18-15-7-5-4-6-13(12)15;/h4-7,9,11,14,18H,8,10,17H2,1-3H3;1H/t14-;/m0./s1. The summed E-state index contributed by atoms with van der Waals surface area (Å²) in [6.45, 7) is 4.92. The first-order chi connectivity index (χ1) is 9.49. The lowest BCUT2D eigenvalue weighted by Crippen LogP contribution is -2.44. The Kier molecular flexibility index (Phi) is 6.24. The van der Waals surface area contributed by atoms with Crippen LogP contribution in [0.2, 0.25) is 0 Å². The quantitative estimate of drug-likeness (QED) is 0.891. The number of amides is 1. The van der Waals surface area contributed by atoms with E-state index >= 15 is 0 Å². The van der Waals surface area contributed by atoms with E-state index in [1.54, 1.807) is 4.90 Å². The predicted molar refractivity (Wildman–Crippen MR) is 89.7 cm³/mol. The highest BCUT2D eigenvalue weighted by Crippen LogP contribution is 2.19. The van der Waals surface area contributed by atoms with Gasteiger partial charge in [-0.15, -0.1) is 12.4 Å². The van der Waals surface area contributed by atoms with E-state index in [2.05, 4.69) is 24.9 Å². The average molecular weight is 310 g/mol. The van der Waals surface area contributed by atoms with Crippen LogP contribution in [0.3, 0.4) is 0 Å². The molecule has 0 aliphatic carbocycles. The molecule has 1 amide bonds. The molecule has 1 heterocycles. The molecule has 0 aliphatic rings. The Labute approximate surface area is 132 Å². The molecule has 0 radical (unpaired) electrons. The monoisotopic (exact) mass is 309 g/mol. The minimum Gasteiger partial charge on any atom is -0.361 e. The summed E-state index contributed by atoms with van der Waals surface area (Å²) in [6, 6.07) is 7.58. The van der Waals surface area contributed by atoms with Gasteiger partial charge >= 0.3 is 0 Å². The molecule has 2 rings (SSSR count). The summed E-state index contributed by atoms with van der Waals surface area (Å²) in [5.74, 6) is 0.452. The third-order valence-corrected chi connectivity index (χ3v) is 3.45. The van der Waals surface area contributed by atoms with Crippen LogP contribution in [0.4, 0.5) is 0 Å². The summed E-state index contributed by atoms with van der Waals surface area (Å²) in [7, 11) is 1.82. The van der Waals surface area contributed by atoms with Gasteiger partial charge in [0.15, 0.2) is 0 Å². The summed E-state index contributed by atoms with van der Waals surface area (Å²) < 4.78 is 0. The molecular weight excluding hydrogens is 286 g/mol. The lowest BCUT2D eigenvalue weighted by Gasteiger charge is -2.22. The fraction of sp³-hybridized carbons (Fsp3) is 0.438. The maximum Gasteiger partial charge on any atom is 0.239 e. The second-order valence-corrected chi connectivity index (χ2v) is 5.78. The number of hydrogen-bond acceptors (Lipinski definition) is 2. The van der Waals surface area contributed by atoms with Crippen molar-refractivity contribution in [2.75, 3.05) is 13.6 Å². The SMILES string of the molecule is CC(C)CN(C)C(=O)[C@@H](N)Cc1c[nH]c2ccccc12.Cl. The van der Waals surface area contributed by atoms with Crippen LogP contribution in [-0.2, 0) is 11.2 Å². The van der Waals surface area contributed by atoms with Gasteiger partial charge in [-0.3, -0.25) is 4.79 Å². The number of aromatic nitrogens is 1. The molecule has 5 heteroatoms. The second kappa shape index (κ2) is 7.48. The summed E-state index contributed by atoms with van der Waals surface area (Å²) in [4.78, 5) is 17.2. The Hall–Kier alpha value is -1.52. The van der Waals surface area contributed by atoms with Crippen molar-refractivity contribution in [2.24, 2.45) is 11.7 Å². The normalized spacial score (nSPS) is 12.2. The number of para-hydroxylation sites is 1. The molecule has 116 valence electrons. The molecule has 0 unspecified atom stereocenters. The molecule has 2 aromatic rings. The molecule has 0 fully saturated rings. The third-order valence-electron chi connectivity index (χ3n) is 3.45. The lowest BCUT2D eigenvalue weighted by atomic mass is 10.0. The maximum absolute atomic E-state index is 12.2. The Morgan fingerprint density at radius 2 is 2.00 bits per heavy atom. The molecule has 1 aromatic heterocycles. The molecule has 0 spiro atoms. The number of fused-ring (bicyclic) bond motifs is 1. The minimum atomic E-state index is -0.488. The van der Waals surface area contributed by atoms with Crippen LogP contribution >= 0.6 is 12.4 Å². The van der Waals surface area contributed by atoms with Crippen LogP contribution in [0.5, 0.6) is 0 Å². The summed E-state index contributed by atoms with van der Waals surface area (Å²) >= 11 is 0. The number of likely N-dealkylation sites (N-methyl/N-ethyl adjacent to an activating group) is 1. The Bertz CT molecular complexity index is 594. The molecule has 4 nitrogen and oxygen atoms in total. The number of aromatic amines is 1. The third kappa shape index (κ3) is 4.22. The first-order valence-corrected chi connectivity index (χ1v) is 7.04. The highest BCUT2D eigenvalue weighted by atomic mass is 35.5. The molecule has 0 saturated carbocycles. The maximum atomic E-state index is 12.2. The molecule has 3 N–H and O–H groups in total. The van der Waals surface area contributed by atoms with Crippen molar-refractivity contribution in [1.82, 2.24) is 9.88 Å². The van der Waals surface area contributed by atoms with Crippen LogP contribution in [-0.4, -0.2) is 35.4 Å². The molecule has 0 bridgehead atoms. The van der Waals surface area contributed by atoms with Crippen LogP contribution in [0.15, 0.2) is 30.5 Å². The van der Waals surface area contributed by atoms with E-state index in [4.69, 9.17) is 5.73 Å². The zero-order chi connectivity index (χ0) is 14.7. The summed E-state index contributed by atoms with van der Waals surface area (Å²) in [5, 5.41) is 1.14. The molecule has 1 atom stereocenters. The smallest absolute Gasteiger partial charge is 0.239 e. The van der Waals surface area contributed by atoms with Crippen molar-refractivity contribution in [3.05, 3.63) is 36.0 Å². The van der Waals surface area contributed by atoms with Gasteiger partial charge in [-0.25, -0.2) is 0 Å². The van der Waals surface area contributed by atoms with Gasteiger partial charge in [0.1, 0.15) is 0 Å². The van der Waals surface area contributed by atoms with Crippen LogP contribution in [0.25, 0.3) is 10.9 Å². The molecule has 21 heavy (non-hydrogen) atoms. The van der Waals surface area contributed by atoms with Crippen molar-refractivity contribution in [3.63, 3.8) is 0 Å². The fourth-order valence-electron chi connectivity index (χ4n) is 2.55. The van der Waals surface area contributed by atoms with E-state index in [1.165, 1.54) is 0 Å². The van der Waals surface area contributed by atoms with E-state index in [9.17, 15) is 4.79 Å². The number of H-pyrrole nitrogens is 1. The average Bonchev–Trinajstić information content (AvgIpc) is 2.80. The zero-order valence-corrected chi connectivity index (χ0v) is 13.6. The van der Waals surface area contributed by atoms with Crippen molar-refractivity contribution in [3.8, 4) is 0 Å². The topological polar surface area (TPSA) is 62.1 Å². The van der Waals surface area contributed by atoms with Gasteiger partial charge < -0.3 is 15.6 Å². The van der Waals surface area contributed by atoms with Gasteiger partial charge in [0, 0.05) is 30.7 Å². The van der Waals surface area contributed by atoms with Gasteiger partial charge in [-0.05, 0) is 24.0 Å². The number of rotatable bonds is 5. The predicted octanol–water partition coefficient (Wildman–Crippen LogP) is 2.57. The van der Waals surface area contributed by atoms with Crippen molar-refractivity contribution in [1.29, 1.82) is 0 Å². The number of benzene rings is 1. The van der Waals surface area contributed by atoms with E-state index in [-0.39, 0.29) is 18.3 Å². The number of nitrogens with zero attached hydrogens (tertiary/aromatic N) is 1. The lowest BCUT2D eigenvalue weighted by molar-refractivity contribution is -0.131. The fourth-order valence-corrected chi connectivity index (χ4v) is 2.55. The van der Waals surface area contributed by atoms with E-state index in [1.807, 2.05) is 31.4 Å². The van der Waals surface area contributed by atoms with Gasteiger partial charge in [0.2, 0.25) is 5.91 Å². The summed E-state index contributed by atoms with van der Waals surface area (Å²) in [6.07, 6.45) is 2.51. The van der Waals surface area contributed by atoms with E-state index < -0.39 is 6.04 Å². The number of carbonyl (C=O) groups is 1. The number of nitrogens with two attached hydrogens (primary N) is 1. The van der Waals surface area contributed by atoms with Crippen molar-refractivity contribution < 1.29 is 4.79 Å². The van der Waals surface area contributed by atoms with Crippen LogP contribution < -0.4 is 5.73 Å². The Morgan fingerprint density at radius 3 is 2.67 bits per heavy atom. The van der Waals surface area contributed by atoms with Gasteiger partial charge in [0.05, 0.1) is 6.04 Å². The Morgan fingerprint density at radius 1 is 1.33 bits per heavy atom. The second-order valence-electron chi connectivity index (χ2n) is 5.78. The van der Waals surface area contributed by atoms with Crippen LogP contribution in [0, 0.1) is 5.92 Å². The van der Waals surface area contributed by atoms with E-state index in [0.717, 1.165) is 23.0 Å². The van der Waals surface area contributed by atoms with Crippen molar-refractivity contribution in [2.45, 2.75) is 26.3 Å². The molecule has 0 aliphatic heterocycles. The largest absolute Gasteiger partial charge is 0.361 e. The Balaban J connectivity index is 0.00000220. The summed E-state index contributed by atoms with van der Waals surface area (Å²) in [5.41, 5.74) is 8.25. The van der Waals surface area contributed by atoms with Crippen molar-refractivity contribution >= 4 is 29.2 Å². The zero-order valence-electron chi connectivity index (χ0n) is 12.8. The van der Waals surface area contributed by atoms with Gasteiger partial charge in [-0.1, -0.05) is 32.0 Å². The first-order valence-electron chi connectivity index (χ1n) is 7.04. The van der Waals surface area contributed by atoms with Gasteiger partial charge in [0.25, 0.3) is 0 Å². The molecule has 0 saturated heterocycles. The number of nitrogens with one attached hydrogen (secondary N) is 1. The highest BCUT2D eigenvalue weighted by molar-refractivity contribution is 5.86. The highest BCUT2D eigenvalue weighted by Gasteiger charge is 2.20. The number of halogens is 1. The van der Waals surface area contributed by atoms with Gasteiger partial charge in [-0.2, -0.15) is 0 Å². The number of carbonyl (C=O) groups excluding carboxylic acids is 1. The number of hydrogen-bond donors (Lipinski definition) is 2. The van der Waals surface area contributed by atoms with E-state index in [0.29, 0.717) is 12.3 Å². The molecule has 1 aromatic carbocycles. The van der Waals surface area contributed by atoms with Crippen LogP contribution in [0.1, 0.15) is 19.4 Å². The first kappa shape index (κ1) is 17.5. The minimum absolute atomic E-state index is 0. The molecular formula is C16H24ClN3O.